The second-order valence-electron chi connectivity index (χ2n) is 6.34. The Balaban J connectivity index is 1.60. The summed E-state index contributed by atoms with van der Waals surface area (Å²) in [5, 5.41) is 3.85. The molecule has 0 aliphatic heterocycles. The number of hydrogen-bond donors (Lipinski definition) is 1. The lowest BCUT2D eigenvalue weighted by atomic mass is 9.93. The van der Waals surface area contributed by atoms with Crippen molar-refractivity contribution >= 4 is 22.6 Å². The average Bonchev–Trinajstić information content (AvgIpc) is 3.09. The first-order valence-corrected chi connectivity index (χ1v) is 7.64. The highest BCUT2D eigenvalue weighted by molar-refractivity contribution is 5.95. The van der Waals surface area contributed by atoms with E-state index in [4.69, 9.17) is 4.42 Å². The molecule has 112 valence electrons. The Kier molecular flexibility index (Phi) is 2.93. The molecule has 1 amide bonds. The van der Waals surface area contributed by atoms with E-state index in [2.05, 4.69) is 17.5 Å². The lowest BCUT2D eigenvalue weighted by Crippen LogP contribution is -2.25. The fourth-order valence-corrected chi connectivity index (χ4v) is 3.72. The Morgan fingerprint density at radius 2 is 2.09 bits per heavy atom. The number of rotatable bonds is 2. The molecule has 0 radical (unpaired) electrons. The van der Waals surface area contributed by atoms with Crippen molar-refractivity contribution in [3.05, 3.63) is 52.4 Å². The number of hydrogen-bond acceptors (Lipinski definition) is 3. The number of carbonyl (C=O) groups excluding carboxylic acids is 1. The van der Waals surface area contributed by atoms with Crippen LogP contribution in [0.25, 0.3) is 11.0 Å². The molecule has 4 nitrogen and oxygen atoms in total. The molecule has 1 aromatic heterocycles. The van der Waals surface area contributed by atoms with Crippen LogP contribution in [0, 0.1) is 24.7 Å². The van der Waals surface area contributed by atoms with Crippen LogP contribution in [0.15, 0.2) is 45.6 Å². The minimum atomic E-state index is -0.369. The molecule has 2 bridgehead atoms. The summed E-state index contributed by atoms with van der Waals surface area (Å²) in [6, 6.07) is 6.94. The van der Waals surface area contributed by atoms with Gasteiger partial charge < -0.3 is 9.73 Å². The van der Waals surface area contributed by atoms with Gasteiger partial charge in [-0.2, -0.15) is 0 Å². The number of amides is 1. The van der Waals surface area contributed by atoms with E-state index in [-0.39, 0.29) is 17.5 Å². The molecular weight excluding hydrogens is 278 g/mol. The standard InChI is InChI=1S/C18H17NO3/c1-10-6-17(20)22-16-9-13(4-5-14(10)16)19-18(21)15-8-11-2-3-12(15)7-11/h2-6,9,11-12,15H,7-8H2,1H3,(H,19,21). The summed E-state index contributed by atoms with van der Waals surface area (Å²) in [6.07, 6.45) is 6.43. The summed E-state index contributed by atoms with van der Waals surface area (Å²) in [6.45, 7) is 1.87. The van der Waals surface area contributed by atoms with E-state index < -0.39 is 0 Å². The van der Waals surface area contributed by atoms with Gasteiger partial charge in [0.05, 0.1) is 0 Å². The maximum Gasteiger partial charge on any atom is 0.336 e. The maximum absolute atomic E-state index is 12.4. The zero-order valence-corrected chi connectivity index (χ0v) is 12.3. The van der Waals surface area contributed by atoms with Gasteiger partial charge in [0.2, 0.25) is 5.91 Å². The third-order valence-corrected chi connectivity index (χ3v) is 4.83. The fraction of sp³-hybridized carbons (Fsp3) is 0.333. The van der Waals surface area contributed by atoms with Crippen molar-refractivity contribution in [3.8, 4) is 0 Å². The molecule has 1 fully saturated rings. The van der Waals surface area contributed by atoms with E-state index in [0.717, 1.165) is 23.8 Å². The molecule has 1 heterocycles. The van der Waals surface area contributed by atoms with Crippen LogP contribution in [-0.4, -0.2) is 5.91 Å². The molecule has 1 N–H and O–H groups in total. The van der Waals surface area contributed by atoms with Gasteiger partial charge in [0.15, 0.2) is 0 Å². The number of nitrogens with one attached hydrogen (secondary N) is 1. The van der Waals surface area contributed by atoms with Crippen molar-refractivity contribution in [2.45, 2.75) is 19.8 Å². The van der Waals surface area contributed by atoms with Crippen molar-refractivity contribution in [1.29, 1.82) is 0 Å². The minimum Gasteiger partial charge on any atom is -0.423 e. The average molecular weight is 295 g/mol. The van der Waals surface area contributed by atoms with Crippen molar-refractivity contribution < 1.29 is 9.21 Å². The Morgan fingerprint density at radius 1 is 1.23 bits per heavy atom. The summed E-state index contributed by atoms with van der Waals surface area (Å²) in [5.74, 6) is 1.07. The number of aryl methyl sites for hydroxylation is 1. The van der Waals surface area contributed by atoms with E-state index >= 15 is 0 Å². The molecule has 2 aromatic rings. The van der Waals surface area contributed by atoms with Gasteiger partial charge in [-0.3, -0.25) is 4.79 Å². The van der Waals surface area contributed by atoms with E-state index in [0.29, 0.717) is 23.1 Å². The topological polar surface area (TPSA) is 59.3 Å². The summed E-state index contributed by atoms with van der Waals surface area (Å²) < 4.78 is 5.22. The molecule has 2 aliphatic carbocycles. The summed E-state index contributed by atoms with van der Waals surface area (Å²) in [7, 11) is 0. The molecule has 4 rings (SSSR count). The highest BCUT2D eigenvalue weighted by Gasteiger charge is 2.39. The second-order valence-corrected chi connectivity index (χ2v) is 6.34. The third-order valence-electron chi connectivity index (χ3n) is 4.83. The van der Waals surface area contributed by atoms with Crippen LogP contribution in [0.5, 0.6) is 0 Å². The highest BCUT2D eigenvalue weighted by atomic mass is 16.4. The van der Waals surface area contributed by atoms with Gasteiger partial charge in [-0.25, -0.2) is 4.79 Å². The second kappa shape index (κ2) is 4.83. The molecule has 3 unspecified atom stereocenters. The fourth-order valence-electron chi connectivity index (χ4n) is 3.72. The van der Waals surface area contributed by atoms with Gasteiger partial charge in [-0.05, 0) is 49.3 Å². The van der Waals surface area contributed by atoms with Gasteiger partial charge in [-0.15, -0.1) is 0 Å². The number of carbonyl (C=O) groups is 1. The Hall–Kier alpha value is -2.36. The first-order chi connectivity index (χ1) is 10.6. The molecule has 4 heteroatoms. The number of anilines is 1. The van der Waals surface area contributed by atoms with Crippen LogP contribution in [0.1, 0.15) is 18.4 Å². The van der Waals surface area contributed by atoms with Crippen LogP contribution in [0.2, 0.25) is 0 Å². The molecule has 1 saturated carbocycles. The molecule has 0 saturated heterocycles. The van der Waals surface area contributed by atoms with Crippen LogP contribution in [-0.2, 0) is 4.79 Å². The van der Waals surface area contributed by atoms with Gasteiger partial charge in [-0.1, -0.05) is 12.2 Å². The van der Waals surface area contributed by atoms with E-state index in [1.165, 1.54) is 6.07 Å². The summed E-state index contributed by atoms with van der Waals surface area (Å²) in [4.78, 5) is 23.9. The zero-order valence-electron chi connectivity index (χ0n) is 12.3. The minimum absolute atomic E-state index is 0.0613. The molecule has 1 aromatic carbocycles. The van der Waals surface area contributed by atoms with Crippen LogP contribution < -0.4 is 10.9 Å². The lowest BCUT2D eigenvalue weighted by Gasteiger charge is -2.17. The largest absolute Gasteiger partial charge is 0.423 e. The predicted octanol–water partition coefficient (Wildman–Crippen LogP) is 3.25. The molecule has 22 heavy (non-hydrogen) atoms. The van der Waals surface area contributed by atoms with Crippen LogP contribution in [0.4, 0.5) is 5.69 Å². The van der Waals surface area contributed by atoms with E-state index in [1.54, 1.807) is 6.07 Å². The third kappa shape index (κ3) is 2.15. The summed E-state index contributed by atoms with van der Waals surface area (Å²) in [5.41, 5.74) is 1.70. The Morgan fingerprint density at radius 3 is 2.82 bits per heavy atom. The van der Waals surface area contributed by atoms with E-state index in [9.17, 15) is 9.59 Å². The van der Waals surface area contributed by atoms with Crippen molar-refractivity contribution in [1.82, 2.24) is 0 Å². The smallest absolute Gasteiger partial charge is 0.336 e. The molecule has 2 aliphatic rings. The first-order valence-electron chi connectivity index (χ1n) is 7.64. The highest BCUT2D eigenvalue weighted by Crippen LogP contribution is 2.43. The number of benzene rings is 1. The monoisotopic (exact) mass is 295 g/mol. The van der Waals surface area contributed by atoms with Gasteiger partial charge >= 0.3 is 5.63 Å². The van der Waals surface area contributed by atoms with Crippen molar-refractivity contribution in [2.24, 2.45) is 17.8 Å². The SMILES string of the molecule is Cc1cc(=O)oc2cc(NC(=O)C3CC4C=CC3C4)ccc12. The summed E-state index contributed by atoms with van der Waals surface area (Å²) >= 11 is 0. The van der Waals surface area contributed by atoms with Crippen LogP contribution >= 0.6 is 0 Å². The van der Waals surface area contributed by atoms with Gasteiger partial charge in [0, 0.05) is 29.1 Å². The quantitative estimate of drug-likeness (QED) is 0.683. The van der Waals surface area contributed by atoms with Gasteiger partial charge in [0.25, 0.3) is 0 Å². The van der Waals surface area contributed by atoms with Crippen molar-refractivity contribution in [2.75, 3.05) is 5.32 Å². The number of allylic oxidation sites excluding steroid dienone is 2. The Labute approximate surface area is 127 Å². The predicted molar refractivity (Wildman–Crippen MR) is 84.7 cm³/mol. The van der Waals surface area contributed by atoms with E-state index in [1.807, 2.05) is 19.1 Å². The van der Waals surface area contributed by atoms with Crippen molar-refractivity contribution in [3.63, 3.8) is 0 Å². The van der Waals surface area contributed by atoms with Crippen LogP contribution in [0.3, 0.4) is 0 Å². The normalized spacial score (nSPS) is 25.8. The lowest BCUT2D eigenvalue weighted by molar-refractivity contribution is -0.120. The molecular formula is C18H17NO3. The molecule has 3 atom stereocenters. The van der Waals surface area contributed by atoms with Gasteiger partial charge in [0.1, 0.15) is 5.58 Å². The maximum atomic E-state index is 12.4. The first kappa shape index (κ1) is 13.3. The zero-order chi connectivity index (χ0) is 15.3. The molecule has 0 spiro atoms. The number of fused-ring (bicyclic) bond motifs is 3. The Bertz CT molecular complexity index is 849.